The lowest BCUT2D eigenvalue weighted by molar-refractivity contribution is 0.0868. The molecule has 1 unspecified atom stereocenters. The van der Waals surface area contributed by atoms with Crippen LogP contribution in [0.2, 0.25) is 0 Å². The van der Waals surface area contributed by atoms with Crippen molar-refractivity contribution in [1.82, 2.24) is 4.90 Å². The van der Waals surface area contributed by atoms with Gasteiger partial charge in [0.1, 0.15) is 0 Å². The minimum atomic E-state index is -0.216. The zero-order chi connectivity index (χ0) is 6.85. The Morgan fingerprint density at radius 1 is 1.56 bits per heavy atom. The van der Waals surface area contributed by atoms with Gasteiger partial charge in [-0.05, 0) is 13.5 Å². The number of piperidine rings is 1. The maximum Gasteiger partial charge on any atom is 0.0681 e. The molecule has 3 heteroatoms. The molecule has 1 N–H and O–H groups in total. The molecular weight excluding hydrogens is 138 g/mol. The molecule has 2 nitrogen and oxygen atoms in total. The van der Waals surface area contributed by atoms with E-state index in [0.717, 1.165) is 19.5 Å². The fourth-order valence-electron chi connectivity index (χ4n) is 1.22. The van der Waals surface area contributed by atoms with Crippen LogP contribution in [0.4, 0.5) is 0 Å². The average molecular weight is 150 g/mol. The molecule has 1 saturated heterocycles. The van der Waals surface area contributed by atoms with Crippen LogP contribution in [0.3, 0.4) is 0 Å². The maximum absolute atomic E-state index is 9.12. The third kappa shape index (κ3) is 2.12. The van der Waals surface area contributed by atoms with E-state index in [1.165, 1.54) is 0 Å². The monoisotopic (exact) mass is 149 g/mol. The van der Waals surface area contributed by atoms with Gasteiger partial charge in [-0.2, -0.15) is 0 Å². The Labute approximate surface area is 60.4 Å². The summed E-state index contributed by atoms with van der Waals surface area (Å²) in [7, 11) is 1.97. The van der Waals surface area contributed by atoms with Crippen molar-refractivity contribution < 1.29 is 5.11 Å². The van der Waals surface area contributed by atoms with Crippen LogP contribution in [-0.4, -0.2) is 41.6 Å². The number of rotatable bonds is 0. The third-order valence-electron chi connectivity index (χ3n) is 1.56. The van der Waals surface area contributed by atoms with E-state index in [4.69, 9.17) is 16.7 Å². The van der Waals surface area contributed by atoms with Crippen molar-refractivity contribution in [3.05, 3.63) is 0 Å². The van der Waals surface area contributed by atoms with Crippen LogP contribution in [0.25, 0.3) is 0 Å². The van der Waals surface area contributed by atoms with E-state index < -0.39 is 0 Å². The average Bonchev–Trinajstić information content (AvgIpc) is 1.59. The molecule has 0 aromatic carbocycles. The van der Waals surface area contributed by atoms with Gasteiger partial charge in [0.2, 0.25) is 0 Å². The van der Waals surface area contributed by atoms with Crippen LogP contribution in [0, 0.1) is 0 Å². The Morgan fingerprint density at radius 3 is 2.67 bits per heavy atom. The number of nitrogens with zero attached hydrogens (tertiary/aromatic N) is 1. The number of hydrogen-bond donors (Lipinski definition) is 1. The summed E-state index contributed by atoms with van der Waals surface area (Å²) >= 11 is 5.80. The number of likely N-dealkylation sites (N-methyl/N-ethyl adjacent to an activating group) is 1. The first-order chi connectivity index (χ1) is 4.18. The Morgan fingerprint density at radius 2 is 2.22 bits per heavy atom. The second kappa shape index (κ2) is 2.86. The molecule has 0 aliphatic carbocycles. The largest absolute Gasteiger partial charge is 0.392 e. The first kappa shape index (κ1) is 7.32. The van der Waals surface area contributed by atoms with Gasteiger partial charge in [0.05, 0.1) is 6.10 Å². The van der Waals surface area contributed by atoms with Crippen LogP contribution in [-0.2, 0) is 0 Å². The summed E-state index contributed by atoms with van der Waals surface area (Å²) in [6.07, 6.45) is 0.526. The molecule has 9 heavy (non-hydrogen) atoms. The minimum Gasteiger partial charge on any atom is -0.392 e. The number of hydrogen-bond acceptors (Lipinski definition) is 2. The summed E-state index contributed by atoms with van der Waals surface area (Å²) in [6, 6.07) is 0. The van der Waals surface area contributed by atoms with E-state index in [0.29, 0.717) is 0 Å². The molecule has 2 atom stereocenters. The molecule has 54 valence electrons. The van der Waals surface area contributed by atoms with Crippen LogP contribution < -0.4 is 0 Å². The zero-order valence-electron chi connectivity index (χ0n) is 5.55. The second-order valence-corrected chi connectivity index (χ2v) is 3.33. The number of likely N-dealkylation sites (tertiary alicyclic amines) is 1. The molecule has 0 amide bonds. The Bertz CT molecular complexity index is 74.0. The van der Waals surface area contributed by atoms with E-state index in [-0.39, 0.29) is 11.5 Å². The number of β-amino-alcohol motifs (C(OH)–C–C–N with tert-alkyl or cyclic N) is 1. The van der Waals surface area contributed by atoms with E-state index in [9.17, 15) is 0 Å². The Balaban J connectivity index is 2.34. The van der Waals surface area contributed by atoms with Crippen LogP contribution in [0.1, 0.15) is 6.42 Å². The topological polar surface area (TPSA) is 23.5 Å². The number of aliphatic hydroxyl groups excluding tert-OH is 1. The summed E-state index contributed by atoms with van der Waals surface area (Å²) in [4.78, 5) is 2.05. The fraction of sp³-hybridized carbons (Fsp3) is 1.00. The molecule has 0 saturated carbocycles. The molecule has 0 radical (unpaired) electrons. The molecule has 0 spiro atoms. The van der Waals surface area contributed by atoms with Gasteiger partial charge in [0, 0.05) is 18.5 Å². The van der Waals surface area contributed by atoms with Gasteiger partial charge in [0.25, 0.3) is 0 Å². The predicted octanol–water partition coefficient (Wildman–Crippen LogP) is 0.290. The number of alkyl halides is 1. The lowest BCUT2D eigenvalue weighted by Crippen LogP contribution is -2.41. The second-order valence-electron chi connectivity index (χ2n) is 2.71. The van der Waals surface area contributed by atoms with E-state index in [1.54, 1.807) is 0 Å². The number of halogens is 1. The smallest absolute Gasteiger partial charge is 0.0681 e. The Hall–Kier alpha value is 0.210. The third-order valence-corrected chi connectivity index (χ3v) is 1.88. The van der Waals surface area contributed by atoms with Crippen LogP contribution in [0.5, 0.6) is 0 Å². The highest BCUT2D eigenvalue weighted by Crippen LogP contribution is 2.13. The summed E-state index contributed by atoms with van der Waals surface area (Å²) in [5.41, 5.74) is 0. The molecule has 0 bridgehead atoms. The first-order valence-corrected chi connectivity index (χ1v) is 3.63. The minimum absolute atomic E-state index is 0.138. The molecule has 1 aliphatic heterocycles. The summed E-state index contributed by atoms with van der Waals surface area (Å²) in [5.74, 6) is 0. The lowest BCUT2D eigenvalue weighted by Gasteiger charge is -2.29. The highest BCUT2D eigenvalue weighted by atomic mass is 35.5. The van der Waals surface area contributed by atoms with Crippen molar-refractivity contribution in [3.8, 4) is 0 Å². The van der Waals surface area contributed by atoms with Crippen molar-refractivity contribution in [2.75, 3.05) is 20.1 Å². The number of aliphatic hydroxyl groups is 1. The van der Waals surface area contributed by atoms with Gasteiger partial charge in [-0.3, -0.25) is 0 Å². The quantitative estimate of drug-likeness (QED) is 0.501. The van der Waals surface area contributed by atoms with Crippen LogP contribution in [0.15, 0.2) is 0 Å². The molecule has 0 aromatic heterocycles. The lowest BCUT2D eigenvalue weighted by atomic mass is 10.1. The van der Waals surface area contributed by atoms with Gasteiger partial charge < -0.3 is 10.0 Å². The molecule has 1 aliphatic rings. The van der Waals surface area contributed by atoms with Crippen molar-refractivity contribution in [1.29, 1.82) is 0 Å². The van der Waals surface area contributed by atoms with E-state index in [1.807, 2.05) is 11.9 Å². The van der Waals surface area contributed by atoms with Gasteiger partial charge in [-0.1, -0.05) is 0 Å². The van der Waals surface area contributed by atoms with Gasteiger partial charge in [0.15, 0.2) is 0 Å². The van der Waals surface area contributed by atoms with Crippen molar-refractivity contribution in [2.24, 2.45) is 0 Å². The zero-order valence-corrected chi connectivity index (χ0v) is 6.30. The molecular formula is C6H12ClNO. The fourth-order valence-corrected chi connectivity index (χ4v) is 1.66. The molecule has 1 rings (SSSR count). The van der Waals surface area contributed by atoms with Crippen molar-refractivity contribution in [3.63, 3.8) is 0 Å². The SMILES string of the molecule is CN1CC(O)C[C@H](Cl)C1. The van der Waals surface area contributed by atoms with E-state index >= 15 is 0 Å². The van der Waals surface area contributed by atoms with Crippen LogP contribution >= 0.6 is 11.6 Å². The standard InChI is InChI=1S/C6H12ClNO/c1-8-3-5(7)2-6(9)4-8/h5-6,9H,2-4H2,1H3/t5-,6?/m0/s1. The maximum atomic E-state index is 9.12. The summed E-state index contributed by atoms with van der Waals surface area (Å²) in [5, 5.41) is 9.26. The molecule has 1 fully saturated rings. The van der Waals surface area contributed by atoms with E-state index in [2.05, 4.69) is 0 Å². The Kier molecular flexibility index (Phi) is 2.33. The first-order valence-electron chi connectivity index (χ1n) is 3.19. The highest BCUT2D eigenvalue weighted by Gasteiger charge is 2.21. The summed E-state index contributed by atoms with van der Waals surface area (Å²) < 4.78 is 0. The van der Waals surface area contributed by atoms with Crippen molar-refractivity contribution >= 4 is 11.6 Å². The normalized spacial score (nSPS) is 39.0. The van der Waals surface area contributed by atoms with Crippen molar-refractivity contribution in [2.45, 2.75) is 17.9 Å². The molecule has 0 aromatic rings. The summed E-state index contributed by atoms with van der Waals surface area (Å²) in [6.45, 7) is 1.67. The van der Waals surface area contributed by atoms with Gasteiger partial charge >= 0.3 is 0 Å². The van der Waals surface area contributed by atoms with Gasteiger partial charge in [-0.15, -0.1) is 11.6 Å². The molecule has 1 heterocycles. The predicted molar refractivity (Wildman–Crippen MR) is 37.8 cm³/mol. The van der Waals surface area contributed by atoms with Gasteiger partial charge in [-0.25, -0.2) is 0 Å². The highest BCUT2D eigenvalue weighted by molar-refractivity contribution is 6.20.